The SMILES string of the molecule is CNc1cnc(C(=O)NC(C)Cn2ccnc2)cn1. The average molecular weight is 260 g/mol. The Morgan fingerprint density at radius 3 is 2.84 bits per heavy atom. The predicted molar refractivity (Wildman–Crippen MR) is 70.7 cm³/mol. The molecule has 1 unspecified atom stereocenters. The van der Waals surface area contributed by atoms with E-state index in [2.05, 4.69) is 25.6 Å². The minimum Gasteiger partial charge on any atom is -0.372 e. The lowest BCUT2D eigenvalue weighted by atomic mass is 10.3. The molecule has 2 rings (SSSR count). The van der Waals surface area contributed by atoms with Gasteiger partial charge in [0.1, 0.15) is 11.5 Å². The van der Waals surface area contributed by atoms with Crippen LogP contribution in [0.2, 0.25) is 0 Å². The maximum absolute atomic E-state index is 11.9. The summed E-state index contributed by atoms with van der Waals surface area (Å²) < 4.78 is 1.90. The van der Waals surface area contributed by atoms with Gasteiger partial charge in [0.25, 0.3) is 5.91 Å². The van der Waals surface area contributed by atoms with Crippen LogP contribution in [0.25, 0.3) is 0 Å². The fourth-order valence-corrected chi connectivity index (χ4v) is 1.63. The number of amides is 1. The summed E-state index contributed by atoms with van der Waals surface area (Å²) in [6, 6.07) is -0.0209. The van der Waals surface area contributed by atoms with Gasteiger partial charge in [0.15, 0.2) is 0 Å². The summed E-state index contributed by atoms with van der Waals surface area (Å²) in [6.07, 6.45) is 8.24. The van der Waals surface area contributed by atoms with Crippen molar-refractivity contribution in [3.63, 3.8) is 0 Å². The molecule has 0 fully saturated rings. The molecule has 2 aromatic heterocycles. The Morgan fingerprint density at radius 2 is 2.26 bits per heavy atom. The molecule has 2 N–H and O–H groups in total. The number of aromatic nitrogens is 4. The monoisotopic (exact) mass is 260 g/mol. The molecule has 2 aromatic rings. The Balaban J connectivity index is 1.92. The second-order valence-corrected chi connectivity index (χ2v) is 4.17. The lowest BCUT2D eigenvalue weighted by Crippen LogP contribution is -2.36. The number of nitrogens with zero attached hydrogens (tertiary/aromatic N) is 4. The van der Waals surface area contributed by atoms with Crippen molar-refractivity contribution in [2.75, 3.05) is 12.4 Å². The zero-order valence-electron chi connectivity index (χ0n) is 10.9. The molecule has 19 heavy (non-hydrogen) atoms. The number of carbonyl (C=O) groups excluding carboxylic acids is 1. The number of rotatable bonds is 5. The van der Waals surface area contributed by atoms with Gasteiger partial charge in [0.2, 0.25) is 0 Å². The topological polar surface area (TPSA) is 84.7 Å². The van der Waals surface area contributed by atoms with Crippen LogP contribution in [0.1, 0.15) is 17.4 Å². The summed E-state index contributed by atoms with van der Waals surface area (Å²) >= 11 is 0. The van der Waals surface area contributed by atoms with E-state index >= 15 is 0 Å². The molecule has 7 heteroatoms. The van der Waals surface area contributed by atoms with Crippen LogP contribution in [-0.4, -0.2) is 38.5 Å². The third kappa shape index (κ3) is 3.51. The molecule has 2 heterocycles. The maximum Gasteiger partial charge on any atom is 0.271 e. The van der Waals surface area contributed by atoms with Gasteiger partial charge in [-0.2, -0.15) is 0 Å². The van der Waals surface area contributed by atoms with Crippen molar-refractivity contribution in [2.45, 2.75) is 19.5 Å². The van der Waals surface area contributed by atoms with Crippen LogP contribution < -0.4 is 10.6 Å². The Labute approximate surface area is 111 Å². The molecule has 0 saturated carbocycles. The number of anilines is 1. The Hall–Kier alpha value is -2.44. The number of nitrogens with one attached hydrogen (secondary N) is 2. The van der Waals surface area contributed by atoms with Crippen LogP contribution in [0.5, 0.6) is 0 Å². The molecule has 100 valence electrons. The van der Waals surface area contributed by atoms with E-state index in [-0.39, 0.29) is 11.9 Å². The van der Waals surface area contributed by atoms with E-state index in [1.165, 1.54) is 12.4 Å². The standard InChI is InChI=1S/C12H16N6O/c1-9(7-18-4-3-14-8-18)17-12(19)10-5-16-11(13-2)6-15-10/h3-6,8-9H,7H2,1-2H3,(H,13,16)(H,17,19). The van der Waals surface area contributed by atoms with Crippen LogP contribution in [-0.2, 0) is 6.54 Å². The van der Waals surface area contributed by atoms with E-state index in [4.69, 9.17) is 0 Å². The summed E-state index contributed by atoms with van der Waals surface area (Å²) in [5, 5.41) is 5.71. The highest BCUT2D eigenvalue weighted by Crippen LogP contribution is 2.00. The molecular weight excluding hydrogens is 244 g/mol. The molecule has 0 aliphatic rings. The summed E-state index contributed by atoms with van der Waals surface area (Å²) in [4.78, 5) is 24.0. The van der Waals surface area contributed by atoms with Gasteiger partial charge in [-0.1, -0.05) is 0 Å². The summed E-state index contributed by atoms with van der Waals surface area (Å²) in [7, 11) is 1.75. The highest BCUT2D eigenvalue weighted by Gasteiger charge is 2.11. The lowest BCUT2D eigenvalue weighted by Gasteiger charge is -2.13. The van der Waals surface area contributed by atoms with E-state index < -0.39 is 0 Å². The smallest absolute Gasteiger partial charge is 0.271 e. The van der Waals surface area contributed by atoms with Gasteiger partial charge in [0, 0.05) is 32.0 Å². The minimum atomic E-state index is -0.234. The van der Waals surface area contributed by atoms with Gasteiger partial charge in [-0.05, 0) is 6.92 Å². The molecule has 0 saturated heterocycles. The maximum atomic E-state index is 11.9. The summed E-state index contributed by atoms with van der Waals surface area (Å²) in [5.41, 5.74) is 0.302. The predicted octanol–water partition coefficient (Wildman–Crippen LogP) is 0.533. The van der Waals surface area contributed by atoms with E-state index in [9.17, 15) is 4.79 Å². The Kier molecular flexibility index (Phi) is 4.07. The number of hydrogen-bond acceptors (Lipinski definition) is 5. The van der Waals surface area contributed by atoms with E-state index in [1.54, 1.807) is 19.6 Å². The first-order chi connectivity index (χ1) is 9.19. The quantitative estimate of drug-likeness (QED) is 0.819. The van der Waals surface area contributed by atoms with Gasteiger partial charge in [-0.3, -0.25) is 4.79 Å². The molecule has 0 aromatic carbocycles. The highest BCUT2D eigenvalue weighted by molar-refractivity contribution is 5.92. The molecular formula is C12H16N6O. The first-order valence-corrected chi connectivity index (χ1v) is 5.95. The average Bonchev–Trinajstić information content (AvgIpc) is 2.91. The van der Waals surface area contributed by atoms with Crippen LogP contribution in [0.4, 0.5) is 5.82 Å². The highest BCUT2D eigenvalue weighted by atomic mass is 16.1. The Bertz CT molecular complexity index is 522. The van der Waals surface area contributed by atoms with Crippen LogP contribution in [0.15, 0.2) is 31.1 Å². The van der Waals surface area contributed by atoms with Crippen molar-refractivity contribution in [1.29, 1.82) is 0 Å². The van der Waals surface area contributed by atoms with Crippen molar-refractivity contribution >= 4 is 11.7 Å². The van der Waals surface area contributed by atoms with Crippen molar-refractivity contribution in [3.8, 4) is 0 Å². The van der Waals surface area contributed by atoms with E-state index in [0.29, 0.717) is 18.1 Å². The van der Waals surface area contributed by atoms with Crippen molar-refractivity contribution in [2.24, 2.45) is 0 Å². The van der Waals surface area contributed by atoms with Gasteiger partial charge >= 0.3 is 0 Å². The normalized spacial score (nSPS) is 11.9. The summed E-state index contributed by atoms with van der Waals surface area (Å²) in [6.45, 7) is 2.58. The molecule has 0 bridgehead atoms. The van der Waals surface area contributed by atoms with Crippen LogP contribution in [0.3, 0.4) is 0 Å². The fraction of sp³-hybridized carbons (Fsp3) is 0.333. The molecule has 7 nitrogen and oxygen atoms in total. The van der Waals surface area contributed by atoms with Gasteiger partial charge in [-0.15, -0.1) is 0 Å². The number of hydrogen-bond donors (Lipinski definition) is 2. The second-order valence-electron chi connectivity index (χ2n) is 4.17. The van der Waals surface area contributed by atoms with E-state index in [1.807, 2.05) is 17.7 Å². The fourth-order valence-electron chi connectivity index (χ4n) is 1.63. The van der Waals surface area contributed by atoms with Crippen molar-refractivity contribution < 1.29 is 4.79 Å². The lowest BCUT2D eigenvalue weighted by molar-refractivity contribution is 0.0931. The summed E-state index contributed by atoms with van der Waals surface area (Å²) in [5.74, 6) is 0.394. The van der Waals surface area contributed by atoms with Crippen molar-refractivity contribution in [3.05, 3.63) is 36.8 Å². The second kappa shape index (κ2) is 5.94. The molecule has 0 aliphatic carbocycles. The zero-order valence-corrected chi connectivity index (χ0v) is 10.9. The van der Waals surface area contributed by atoms with Gasteiger partial charge < -0.3 is 15.2 Å². The number of carbonyl (C=O) groups is 1. The van der Waals surface area contributed by atoms with Crippen LogP contribution in [0, 0.1) is 0 Å². The largest absolute Gasteiger partial charge is 0.372 e. The van der Waals surface area contributed by atoms with Crippen molar-refractivity contribution in [1.82, 2.24) is 24.8 Å². The molecule has 0 spiro atoms. The first-order valence-electron chi connectivity index (χ1n) is 5.95. The van der Waals surface area contributed by atoms with Gasteiger partial charge in [0.05, 0.1) is 18.7 Å². The van der Waals surface area contributed by atoms with E-state index in [0.717, 1.165) is 0 Å². The third-order valence-electron chi connectivity index (χ3n) is 2.56. The Morgan fingerprint density at radius 1 is 1.42 bits per heavy atom. The van der Waals surface area contributed by atoms with Crippen LogP contribution >= 0.6 is 0 Å². The molecule has 1 atom stereocenters. The van der Waals surface area contributed by atoms with Gasteiger partial charge in [-0.25, -0.2) is 15.0 Å². The minimum absolute atomic E-state index is 0.0209. The first kappa shape index (κ1) is 13.0. The number of imidazole rings is 1. The third-order valence-corrected chi connectivity index (χ3v) is 2.56. The molecule has 1 amide bonds. The molecule has 0 radical (unpaired) electrons. The zero-order chi connectivity index (χ0) is 13.7. The molecule has 0 aliphatic heterocycles.